The summed E-state index contributed by atoms with van der Waals surface area (Å²) in [6.07, 6.45) is 1.69. The molecule has 2 aliphatic rings. The number of halogens is 4. The van der Waals surface area contributed by atoms with E-state index in [1.807, 2.05) is 0 Å². The van der Waals surface area contributed by atoms with Gasteiger partial charge in [0.25, 0.3) is 0 Å². The summed E-state index contributed by atoms with van der Waals surface area (Å²) in [5.74, 6) is -3.59. The number of furan rings is 1. The number of rotatable bonds is 1. The van der Waals surface area contributed by atoms with E-state index in [2.05, 4.69) is 0 Å². The van der Waals surface area contributed by atoms with Crippen molar-refractivity contribution in [1.29, 1.82) is 0 Å². The average molecular weight is 423 g/mol. The highest BCUT2D eigenvalue weighted by molar-refractivity contribution is 8.04. The van der Waals surface area contributed by atoms with Crippen molar-refractivity contribution in [2.75, 3.05) is 0 Å². The second-order valence-corrected chi connectivity index (χ2v) is 9.49. The second kappa shape index (κ2) is 6.42. The quantitative estimate of drug-likeness (QED) is 0.281. The van der Waals surface area contributed by atoms with Crippen LogP contribution in [-0.2, 0) is 17.3 Å². The molecule has 1 aliphatic heterocycles. The summed E-state index contributed by atoms with van der Waals surface area (Å²) in [6, 6.07) is 5.83. The van der Waals surface area contributed by atoms with Gasteiger partial charge in [-0.2, -0.15) is 0 Å². The molecule has 0 bridgehead atoms. The average Bonchev–Trinajstić information content (AvgIpc) is 3.08. The number of fused-ring (bicyclic) bond motifs is 3. The Kier molecular flexibility index (Phi) is 4.10. The van der Waals surface area contributed by atoms with Crippen molar-refractivity contribution in [3.63, 3.8) is 0 Å². The molecule has 1 aliphatic carbocycles. The third-order valence-electron chi connectivity index (χ3n) is 4.73. The molecule has 0 amide bonds. The molecule has 142 valence electrons. The molecule has 1 aromatic heterocycles. The fourth-order valence-corrected chi connectivity index (χ4v) is 7.11. The Morgan fingerprint density at radius 3 is 1.96 bits per heavy atom. The summed E-state index contributed by atoms with van der Waals surface area (Å²) < 4.78 is 61.5. The maximum absolute atomic E-state index is 14.0. The van der Waals surface area contributed by atoms with Crippen LogP contribution in [-0.4, -0.2) is 5.78 Å². The Hall–Kier alpha value is -2.19. The van der Waals surface area contributed by atoms with Crippen molar-refractivity contribution >= 4 is 28.4 Å². The van der Waals surface area contributed by atoms with E-state index in [4.69, 9.17) is 4.42 Å². The van der Waals surface area contributed by atoms with Gasteiger partial charge >= 0.3 is 5.09 Å². The highest BCUT2D eigenvalue weighted by Gasteiger charge is 2.44. The number of Topliss-reactive ketones (excluding diaryl/α,β-unsaturated/α-hetero) is 1. The normalized spacial score (nSPS) is 15.9. The number of carbonyl (C=O) groups is 1. The van der Waals surface area contributed by atoms with Gasteiger partial charge in [0.1, 0.15) is 16.7 Å². The van der Waals surface area contributed by atoms with Crippen molar-refractivity contribution in [2.24, 2.45) is 0 Å². The van der Waals surface area contributed by atoms with Crippen molar-refractivity contribution in [2.45, 2.75) is 43.9 Å². The first kappa shape index (κ1) is 17.9. The molecular formula is C20H11F4O2S2+. The van der Waals surface area contributed by atoms with E-state index in [9.17, 15) is 22.4 Å². The van der Waals surface area contributed by atoms with Crippen molar-refractivity contribution in [1.82, 2.24) is 0 Å². The molecule has 2 nitrogen and oxygen atoms in total. The molecule has 28 heavy (non-hydrogen) atoms. The fraction of sp³-hybridized carbons (Fsp3) is 0.150. The van der Waals surface area contributed by atoms with Crippen LogP contribution >= 0.6 is 11.8 Å². The fourth-order valence-electron chi connectivity index (χ4n) is 3.42. The number of ketones is 1. The Morgan fingerprint density at radius 1 is 0.821 bits per heavy atom. The Bertz CT molecular complexity index is 1100. The van der Waals surface area contributed by atoms with E-state index < -0.39 is 34.2 Å². The highest BCUT2D eigenvalue weighted by atomic mass is 32.2. The van der Waals surface area contributed by atoms with Gasteiger partial charge in [-0.05, 0) is 18.6 Å². The summed E-state index contributed by atoms with van der Waals surface area (Å²) in [4.78, 5) is 13.8. The maximum atomic E-state index is 14.0. The molecule has 0 saturated heterocycles. The van der Waals surface area contributed by atoms with Gasteiger partial charge in [0.05, 0.1) is 15.4 Å². The molecule has 0 unspecified atom stereocenters. The smallest absolute Gasteiger partial charge is 0.325 e. The lowest BCUT2D eigenvalue weighted by Gasteiger charge is -2.18. The van der Waals surface area contributed by atoms with Crippen LogP contribution in [0.5, 0.6) is 0 Å². The lowest BCUT2D eigenvalue weighted by atomic mass is 9.98. The van der Waals surface area contributed by atoms with Gasteiger partial charge in [-0.3, -0.25) is 4.79 Å². The van der Waals surface area contributed by atoms with E-state index in [0.29, 0.717) is 55.3 Å². The molecule has 8 heteroatoms. The van der Waals surface area contributed by atoms with Crippen LogP contribution in [0.15, 0.2) is 59.4 Å². The van der Waals surface area contributed by atoms with Crippen molar-refractivity contribution < 1.29 is 26.8 Å². The minimum absolute atomic E-state index is 0.0396. The van der Waals surface area contributed by atoms with Gasteiger partial charge in [0.15, 0.2) is 38.8 Å². The molecule has 2 heterocycles. The molecule has 0 fully saturated rings. The summed E-state index contributed by atoms with van der Waals surface area (Å²) in [5, 5.41) is 0.361. The molecule has 3 aromatic rings. The van der Waals surface area contributed by atoms with Gasteiger partial charge in [-0.15, -0.1) is 0 Å². The van der Waals surface area contributed by atoms with Crippen LogP contribution in [0.4, 0.5) is 17.6 Å². The molecule has 0 atom stereocenters. The van der Waals surface area contributed by atoms with Crippen molar-refractivity contribution in [3.05, 3.63) is 64.9 Å². The zero-order chi connectivity index (χ0) is 19.6. The summed E-state index contributed by atoms with van der Waals surface area (Å²) in [5.41, 5.74) is 0.472. The number of benzene rings is 2. The Labute approximate surface area is 164 Å². The first-order valence-electron chi connectivity index (χ1n) is 8.48. The first-order valence-corrected chi connectivity index (χ1v) is 10.5. The minimum Gasteiger partial charge on any atom is -0.421 e. The minimum atomic E-state index is -1.13. The molecule has 0 spiro atoms. The van der Waals surface area contributed by atoms with Crippen LogP contribution < -0.4 is 0 Å². The van der Waals surface area contributed by atoms with E-state index in [-0.39, 0.29) is 5.78 Å². The SMILES string of the molecule is O=C1CCCc2oc([S+]3c4cc(F)c(F)cc4Sc4cc(F)c(F)cc43)cc21. The van der Waals surface area contributed by atoms with Crippen LogP contribution in [0.1, 0.15) is 29.0 Å². The summed E-state index contributed by atoms with van der Waals surface area (Å²) in [7, 11) is -1.13. The zero-order valence-corrected chi connectivity index (χ0v) is 15.8. The topological polar surface area (TPSA) is 30.2 Å². The van der Waals surface area contributed by atoms with Crippen LogP contribution in [0.25, 0.3) is 0 Å². The van der Waals surface area contributed by atoms with E-state index >= 15 is 0 Å². The summed E-state index contributed by atoms with van der Waals surface area (Å²) >= 11 is 1.05. The zero-order valence-electron chi connectivity index (χ0n) is 14.2. The number of aryl methyl sites for hydroxylation is 1. The number of hydrogen-bond donors (Lipinski definition) is 0. The largest absolute Gasteiger partial charge is 0.421 e. The predicted octanol–water partition coefficient (Wildman–Crippen LogP) is 5.92. The standard InChI is InChI=1S/C20H11F4O2S2/c21-10-5-16-18(7-12(10)23)28(19-8-13(24)11(22)6-17(19)27-16)20-4-9-14(25)2-1-3-15(9)26-20/h4-8H,1-3H2/q+1. The number of carbonyl (C=O) groups excluding carboxylic acids is 1. The molecule has 0 N–H and O–H groups in total. The molecule has 5 rings (SSSR count). The van der Waals surface area contributed by atoms with Gasteiger partial charge < -0.3 is 4.42 Å². The molecule has 2 aromatic carbocycles. The first-order chi connectivity index (χ1) is 13.4. The summed E-state index contributed by atoms with van der Waals surface area (Å²) in [6.45, 7) is 0. The van der Waals surface area contributed by atoms with Crippen LogP contribution in [0, 0.1) is 23.3 Å². The highest BCUT2D eigenvalue weighted by Crippen LogP contribution is 2.50. The lowest BCUT2D eigenvalue weighted by molar-refractivity contribution is 0.0969. The van der Waals surface area contributed by atoms with E-state index in [1.165, 1.54) is 0 Å². The third kappa shape index (κ3) is 2.69. The van der Waals surface area contributed by atoms with Crippen LogP contribution in [0.2, 0.25) is 0 Å². The molecule has 0 saturated carbocycles. The van der Waals surface area contributed by atoms with Crippen LogP contribution in [0.3, 0.4) is 0 Å². The van der Waals surface area contributed by atoms with E-state index in [0.717, 1.165) is 36.0 Å². The molecular weight excluding hydrogens is 412 g/mol. The molecule has 0 radical (unpaired) electrons. The number of hydrogen-bond acceptors (Lipinski definition) is 3. The second-order valence-electron chi connectivity index (χ2n) is 6.51. The van der Waals surface area contributed by atoms with Gasteiger partial charge in [-0.25, -0.2) is 17.6 Å². The van der Waals surface area contributed by atoms with Crippen molar-refractivity contribution in [3.8, 4) is 0 Å². The monoisotopic (exact) mass is 423 g/mol. The van der Waals surface area contributed by atoms with Gasteiger partial charge in [-0.1, -0.05) is 11.8 Å². The Morgan fingerprint density at radius 2 is 1.39 bits per heavy atom. The predicted molar refractivity (Wildman–Crippen MR) is 95.0 cm³/mol. The lowest BCUT2D eigenvalue weighted by Crippen LogP contribution is -2.12. The van der Waals surface area contributed by atoms with Gasteiger partial charge in [0, 0.05) is 31.0 Å². The Balaban J connectivity index is 1.76. The van der Waals surface area contributed by atoms with Gasteiger partial charge in [0.2, 0.25) is 0 Å². The maximum Gasteiger partial charge on any atom is 0.325 e. The third-order valence-corrected chi connectivity index (χ3v) is 8.26. The van der Waals surface area contributed by atoms with E-state index in [1.54, 1.807) is 6.07 Å².